The third-order valence-electron chi connectivity index (χ3n) is 2.37. The Morgan fingerprint density at radius 3 is 2.38 bits per heavy atom. The van der Waals surface area contributed by atoms with Crippen LogP contribution in [0.15, 0.2) is 40.9 Å². The third kappa shape index (κ3) is 4.01. The molecule has 0 saturated carbocycles. The molecule has 0 aromatic heterocycles. The summed E-state index contributed by atoms with van der Waals surface area (Å²) in [5.74, 6) is -0.828. The molecule has 0 unspecified atom stereocenters. The van der Waals surface area contributed by atoms with Crippen molar-refractivity contribution in [3.63, 3.8) is 0 Å². The number of nitrogen functional groups attached to an aromatic ring is 1. The second-order valence-electron chi connectivity index (χ2n) is 3.89. The van der Waals surface area contributed by atoms with Crippen LogP contribution >= 0.6 is 15.9 Å². The van der Waals surface area contributed by atoms with Gasteiger partial charge in [0.2, 0.25) is 0 Å². The molecule has 8 heteroatoms. The van der Waals surface area contributed by atoms with E-state index in [1.54, 1.807) is 0 Å². The summed E-state index contributed by atoms with van der Waals surface area (Å²) in [6.07, 6.45) is -4.79. The fourth-order valence-electron chi connectivity index (χ4n) is 1.49. The molecule has 0 aliphatic rings. The second-order valence-corrected chi connectivity index (χ2v) is 4.75. The number of nitrogens with two attached hydrogens (primary N) is 1. The lowest BCUT2D eigenvalue weighted by molar-refractivity contribution is -0.274. The summed E-state index contributed by atoms with van der Waals surface area (Å²) >= 11 is 2.94. The average molecular weight is 366 g/mol. The maximum absolute atomic E-state index is 13.3. The first-order valence-corrected chi connectivity index (χ1v) is 6.33. The van der Waals surface area contributed by atoms with E-state index in [0.29, 0.717) is 0 Å². The number of para-hydroxylation sites is 1. The van der Waals surface area contributed by atoms with E-state index in [0.717, 1.165) is 6.07 Å². The topological polar surface area (TPSA) is 44.5 Å². The molecular formula is C13H8BrF4NO2. The average Bonchev–Trinajstić information content (AvgIpc) is 2.37. The molecule has 0 aliphatic carbocycles. The number of benzene rings is 2. The Labute approximate surface area is 125 Å². The number of rotatable bonds is 3. The van der Waals surface area contributed by atoms with Gasteiger partial charge in [-0.2, -0.15) is 0 Å². The van der Waals surface area contributed by atoms with Gasteiger partial charge < -0.3 is 15.2 Å². The van der Waals surface area contributed by atoms with Crippen LogP contribution in [0.4, 0.5) is 23.2 Å². The van der Waals surface area contributed by atoms with Crippen LogP contribution in [0.3, 0.4) is 0 Å². The summed E-state index contributed by atoms with van der Waals surface area (Å²) in [5.41, 5.74) is 5.31. The molecule has 0 aliphatic heterocycles. The lowest BCUT2D eigenvalue weighted by Gasteiger charge is -2.13. The summed E-state index contributed by atoms with van der Waals surface area (Å²) in [6, 6.07) is 7.58. The minimum atomic E-state index is -4.79. The molecule has 2 aromatic carbocycles. The Bertz CT molecular complexity index is 661. The Morgan fingerprint density at radius 1 is 1.05 bits per heavy atom. The molecule has 0 heterocycles. The van der Waals surface area contributed by atoms with E-state index in [2.05, 4.69) is 20.7 Å². The zero-order valence-electron chi connectivity index (χ0n) is 10.2. The molecule has 0 atom stereocenters. The van der Waals surface area contributed by atoms with Crippen molar-refractivity contribution in [3.8, 4) is 17.2 Å². The van der Waals surface area contributed by atoms with Crippen LogP contribution in [0, 0.1) is 5.82 Å². The molecule has 3 nitrogen and oxygen atoms in total. The van der Waals surface area contributed by atoms with Gasteiger partial charge in [0.05, 0.1) is 4.47 Å². The maximum Gasteiger partial charge on any atom is 0.573 e. The lowest BCUT2D eigenvalue weighted by Crippen LogP contribution is -2.17. The van der Waals surface area contributed by atoms with E-state index in [1.165, 1.54) is 30.3 Å². The van der Waals surface area contributed by atoms with Gasteiger partial charge in [-0.15, -0.1) is 13.2 Å². The summed E-state index contributed by atoms with van der Waals surface area (Å²) in [6.45, 7) is 0. The number of halogens is 5. The third-order valence-corrected chi connectivity index (χ3v) is 2.99. The molecule has 2 rings (SSSR count). The summed E-state index contributed by atoms with van der Waals surface area (Å²) in [4.78, 5) is 0. The molecule has 0 saturated heterocycles. The van der Waals surface area contributed by atoms with Crippen molar-refractivity contribution in [2.75, 3.05) is 5.73 Å². The molecule has 0 spiro atoms. The highest BCUT2D eigenvalue weighted by Crippen LogP contribution is 2.36. The van der Waals surface area contributed by atoms with Crippen LogP contribution in [0.5, 0.6) is 17.2 Å². The van der Waals surface area contributed by atoms with Gasteiger partial charge in [0.1, 0.15) is 23.0 Å². The van der Waals surface area contributed by atoms with Gasteiger partial charge in [-0.05, 0) is 46.3 Å². The van der Waals surface area contributed by atoms with E-state index in [4.69, 9.17) is 10.5 Å². The predicted molar refractivity (Wildman–Crippen MR) is 71.7 cm³/mol. The first-order chi connectivity index (χ1) is 9.76. The molecule has 2 N–H and O–H groups in total. The lowest BCUT2D eigenvalue weighted by atomic mass is 10.3. The molecule has 21 heavy (non-hydrogen) atoms. The molecular weight excluding hydrogens is 358 g/mol. The number of anilines is 1. The highest BCUT2D eigenvalue weighted by molar-refractivity contribution is 9.10. The van der Waals surface area contributed by atoms with Gasteiger partial charge >= 0.3 is 6.36 Å². The van der Waals surface area contributed by atoms with E-state index in [9.17, 15) is 17.6 Å². The monoisotopic (exact) mass is 365 g/mol. The normalized spacial score (nSPS) is 11.3. The SMILES string of the molecule is Nc1c(F)cccc1Oc1ccc(OC(F)(F)F)c(Br)c1. The fourth-order valence-corrected chi connectivity index (χ4v) is 1.92. The summed E-state index contributed by atoms with van der Waals surface area (Å²) in [7, 11) is 0. The Kier molecular flexibility index (Phi) is 4.26. The molecule has 2 aromatic rings. The van der Waals surface area contributed by atoms with Crippen molar-refractivity contribution < 1.29 is 27.0 Å². The molecule has 0 amide bonds. The maximum atomic E-state index is 13.3. The largest absolute Gasteiger partial charge is 0.573 e. The Balaban J connectivity index is 2.23. The van der Waals surface area contributed by atoms with Crippen LogP contribution in [-0.2, 0) is 0 Å². The van der Waals surface area contributed by atoms with Crippen molar-refractivity contribution in [3.05, 3.63) is 46.7 Å². The van der Waals surface area contributed by atoms with Crippen molar-refractivity contribution in [2.24, 2.45) is 0 Å². The second kappa shape index (κ2) is 5.80. The van der Waals surface area contributed by atoms with Gasteiger partial charge in [0.25, 0.3) is 0 Å². The van der Waals surface area contributed by atoms with Crippen LogP contribution < -0.4 is 15.2 Å². The van der Waals surface area contributed by atoms with Crippen LogP contribution in [-0.4, -0.2) is 6.36 Å². The van der Waals surface area contributed by atoms with Crippen molar-refractivity contribution in [2.45, 2.75) is 6.36 Å². The smallest absolute Gasteiger partial charge is 0.455 e. The van der Waals surface area contributed by atoms with E-state index < -0.39 is 17.9 Å². The minimum Gasteiger partial charge on any atom is -0.455 e. The molecule has 0 bridgehead atoms. The van der Waals surface area contributed by atoms with E-state index in [1.807, 2.05) is 0 Å². The van der Waals surface area contributed by atoms with Gasteiger partial charge in [-0.1, -0.05) is 6.07 Å². The van der Waals surface area contributed by atoms with Gasteiger partial charge in [0.15, 0.2) is 5.75 Å². The van der Waals surface area contributed by atoms with Crippen molar-refractivity contribution in [1.82, 2.24) is 0 Å². The molecule has 112 valence electrons. The predicted octanol–water partition coefficient (Wildman–Crippen LogP) is 4.86. The van der Waals surface area contributed by atoms with Crippen molar-refractivity contribution in [1.29, 1.82) is 0 Å². The van der Waals surface area contributed by atoms with E-state index >= 15 is 0 Å². The zero-order chi connectivity index (χ0) is 15.6. The summed E-state index contributed by atoms with van der Waals surface area (Å²) < 4.78 is 58.8. The number of hydrogen-bond acceptors (Lipinski definition) is 3. The Hall–Kier alpha value is -1.96. The Morgan fingerprint density at radius 2 is 1.76 bits per heavy atom. The van der Waals surface area contributed by atoms with Crippen LogP contribution in [0.2, 0.25) is 0 Å². The van der Waals surface area contributed by atoms with Crippen LogP contribution in [0.1, 0.15) is 0 Å². The number of hydrogen-bond donors (Lipinski definition) is 1. The highest BCUT2D eigenvalue weighted by atomic mass is 79.9. The number of alkyl halides is 3. The standard InChI is InChI=1S/C13H8BrF4NO2/c14-8-6-7(4-5-10(8)21-13(16,17)18)20-11-3-1-2-9(15)12(11)19/h1-6H,19H2. The van der Waals surface area contributed by atoms with E-state index in [-0.39, 0.29) is 21.7 Å². The first-order valence-electron chi connectivity index (χ1n) is 5.53. The van der Waals surface area contributed by atoms with Gasteiger partial charge in [-0.25, -0.2) is 4.39 Å². The highest BCUT2D eigenvalue weighted by Gasteiger charge is 2.32. The summed E-state index contributed by atoms with van der Waals surface area (Å²) in [5, 5.41) is 0. The zero-order valence-corrected chi connectivity index (χ0v) is 11.8. The van der Waals surface area contributed by atoms with Gasteiger partial charge in [-0.3, -0.25) is 0 Å². The first kappa shape index (κ1) is 15.4. The van der Waals surface area contributed by atoms with Crippen LogP contribution in [0.25, 0.3) is 0 Å². The quantitative estimate of drug-likeness (QED) is 0.623. The van der Waals surface area contributed by atoms with Crippen molar-refractivity contribution >= 4 is 21.6 Å². The molecule has 0 radical (unpaired) electrons. The fraction of sp³-hybridized carbons (Fsp3) is 0.0769. The minimum absolute atomic E-state index is 0.0345. The van der Waals surface area contributed by atoms with Gasteiger partial charge in [0, 0.05) is 0 Å². The number of ether oxygens (including phenoxy) is 2. The molecule has 0 fully saturated rings.